The summed E-state index contributed by atoms with van der Waals surface area (Å²) in [5.74, 6) is 0.0624. The van der Waals surface area contributed by atoms with Crippen LogP contribution in [0.3, 0.4) is 0 Å². The van der Waals surface area contributed by atoms with E-state index in [-0.39, 0.29) is 17.6 Å². The maximum absolute atomic E-state index is 12.7. The molecule has 2 aromatic rings. The number of amides is 1. The summed E-state index contributed by atoms with van der Waals surface area (Å²) in [6.45, 7) is 0. The molecule has 0 aliphatic heterocycles. The van der Waals surface area contributed by atoms with Gasteiger partial charge in [0.1, 0.15) is 0 Å². The van der Waals surface area contributed by atoms with E-state index in [0.717, 1.165) is 10.4 Å². The molecular weight excluding hydrogens is 294 g/mol. The number of carbonyl (C=O) groups is 2. The van der Waals surface area contributed by atoms with Crippen LogP contribution in [-0.2, 0) is 11.2 Å². The highest BCUT2D eigenvalue weighted by atomic mass is 32.1. The molecule has 0 radical (unpaired) electrons. The summed E-state index contributed by atoms with van der Waals surface area (Å²) in [5.41, 5.74) is 1.13. The SMILES string of the molecule is CN(C)C(=O)CC[C@@H](Cc1ccccc1)C(=O)c1cccs1. The Balaban J connectivity index is 2.10. The molecule has 0 saturated heterocycles. The van der Waals surface area contributed by atoms with Crippen molar-refractivity contribution in [1.29, 1.82) is 0 Å². The number of thiophene rings is 1. The number of rotatable bonds is 7. The first kappa shape index (κ1) is 16.4. The Labute approximate surface area is 135 Å². The van der Waals surface area contributed by atoms with Crippen LogP contribution >= 0.6 is 11.3 Å². The van der Waals surface area contributed by atoms with Gasteiger partial charge in [-0.15, -0.1) is 11.3 Å². The molecule has 0 spiro atoms. The van der Waals surface area contributed by atoms with Gasteiger partial charge in [-0.25, -0.2) is 0 Å². The number of hydrogen-bond acceptors (Lipinski definition) is 3. The fraction of sp³-hybridized carbons (Fsp3) is 0.333. The molecule has 22 heavy (non-hydrogen) atoms. The van der Waals surface area contributed by atoms with E-state index in [2.05, 4.69) is 0 Å². The summed E-state index contributed by atoms with van der Waals surface area (Å²) in [6.07, 6.45) is 1.67. The van der Waals surface area contributed by atoms with E-state index in [4.69, 9.17) is 0 Å². The van der Waals surface area contributed by atoms with Crippen molar-refractivity contribution < 1.29 is 9.59 Å². The van der Waals surface area contributed by atoms with Crippen molar-refractivity contribution in [3.8, 4) is 0 Å². The Morgan fingerprint density at radius 1 is 1.09 bits per heavy atom. The third-order valence-electron chi connectivity index (χ3n) is 3.67. The number of hydrogen-bond donors (Lipinski definition) is 0. The fourth-order valence-corrected chi connectivity index (χ4v) is 3.11. The standard InChI is InChI=1S/C18H21NO2S/c1-19(2)17(20)11-10-15(13-14-7-4-3-5-8-14)18(21)16-9-6-12-22-16/h3-9,12,15H,10-11,13H2,1-2H3/t15-/m0/s1. The topological polar surface area (TPSA) is 37.4 Å². The lowest BCUT2D eigenvalue weighted by Crippen LogP contribution is -2.24. The predicted molar refractivity (Wildman–Crippen MR) is 90.2 cm³/mol. The highest BCUT2D eigenvalue weighted by molar-refractivity contribution is 7.12. The number of nitrogens with zero attached hydrogens (tertiary/aromatic N) is 1. The van der Waals surface area contributed by atoms with Crippen LogP contribution in [0.5, 0.6) is 0 Å². The Morgan fingerprint density at radius 2 is 1.82 bits per heavy atom. The highest BCUT2D eigenvalue weighted by Crippen LogP contribution is 2.22. The van der Waals surface area contributed by atoms with E-state index in [1.54, 1.807) is 19.0 Å². The van der Waals surface area contributed by atoms with E-state index in [9.17, 15) is 9.59 Å². The molecule has 0 bridgehead atoms. The maximum Gasteiger partial charge on any atom is 0.222 e. The van der Waals surface area contributed by atoms with Gasteiger partial charge in [-0.2, -0.15) is 0 Å². The molecule has 1 heterocycles. The van der Waals surface area contributed by atoms with Crippen LogP contribution in [0.1, 0.15) is 28.1 Å². The van der Waals surface area contributed by atoms with E-state index in [0.29, 0.717) is 19.3 Å². The maximum atomic E-state index is 12.7. The van der Waals surface area contributed by atoms with Gasteiger partial charge in [-0.05, 0) is 29.9 Å². The molecule has 0 aliphatic rings. The number of carbonyl (C=O) groups excluding carboxylic acids is 2. The molecule has 1 aromatic carbocycles. The molecule has 0 fully saturated rings. The zero-order chi connectivity index (χ0) is 15.9. The first-order chi connectivity index (χ1) is 10.6. The van der Waals surface area contributed by atoms with Crippen LogP contribution in [-0.4, -0.2) is 30.7 Å². The molecule has 0 aliphatic carbocycles. The lowest BCUT2D eigenvalue weighted by atomic mass is 9.90. The van der Waals surface area contributed by atoms with Gasteiger partial charge in [0, 0.05) is 26.4 Å². The van der Waals surface area contributed by atoms with Crippen molar-refractivity contribution in [2.75, 3.05) is 14.1 Å². The highest BCUT2D eigenvalue weighted by Gasteiger charge is 2.22. The van der Waals surface area contributed by atoms with Crippen molar-refractivity contribution >= 4 is 23.0 Å². The van der Waals surface area contributed by atoms with Crippen molar-refractivity contribution in [3.63, 3.8) is 0 Å². The molecule has 1 aromatic heterocycles. The van der Waals surface area contributed by atoms with Crippen LogP contribution in [0.15, 0.2) is 47.8 Å². The molecule has 2 rings (SSSR count). The van der Waals surface area contributed by atoms with Crippen molar-refractivity contribution in [2.45, 2.75) is 19.3 Å². The molecule has 3 nitrogen and oxygen atoms in total. The monoisotopic (exact) mass is 315 g/mol. The number of ketones is 1. The fourth-order valence-electron chi connectivity index (χ4n) is 2.37. The van der Waals surface area contributed by atoms with Crippen LogP contribution in [0.2, 0.25) is 0 Å². The van der Waals surface area contributed by atoms with Crippen molar-refractivity contribution in [2.24, 2.45) is 5.92 Å². The van der Waals surface area contributed by atoms with E-state index in [1.807, 2.05) is 47.8 Å². The van der Waals surface area contributed by atoms with Crippen LogP contribution in [0, 0.1) is 5.92 Å². The first-order valence-corrected chi connectivity index (χ1v) is 8.27. The van der Waals surface area contributed by atoms with Gasteiger partial charge in [0.15, 0.2) is 5.78 Å². The Hall–Kier alpha value is -1.94. The molecule has 116 valence electrons. The van der Waals surface area contributed by atoms with Crippen LogP contribution in [0.25, 0.3) is 0 Å². The summed E-state index contributed by atoms with van der Waals surface area (Å²) in [7, 11) is 3.49. The lowest BCUT2D eigenvalue weighted by Gasteiger charge is -2.17. The molecule has 0 saturated carbocycles. The first-order valence-electron chi connectivity index (χ1n) is 7.39. The van der Waals surface area contributed by atoms with Gasteiger partial charge in [0.25, 0.3) is 0 Å². The second-order valence-corrected chi connectivity index (χ2v) is 6.50. The third-order valence-corrected chi connectivity index (χ3v) is 4.55. The lowest BCUT2D eigenvalue weighted by molar-refractivity contribution is -0.128. The van der Waals surface area contributed by atoms with Gasteiger partial charge in [-0.3, -0.25) is 9.59 Å². The second kappa shape index (κ2) is 7.90. The predicted octanol–water partition coefficient (Wildman–Crippen LogP) is 3.66. The normalized spacial score (nSPS) is 11.9. The van der Waals surface area contributed by atoms with Gasteiger partial charge in [-0.1, -0.05) is 36.4 Å². The summed E-state index contributed by atoms with van der Waals surface area (Å²) < 4.78 is 0. The van der Waals surface area contributed by atoms with Crippen molar-refractivity contribution in [3.05, 3.63) is 58.3 Å². The van der Waals surface area contributed by atoms with Gasteiger partial charge in [0.05, 0.1) is 4.88 Å². The molecule has 1 atom stereocenters. The minimum atomic E-state index is -0.148. The van der Waals surface area contributed by atoms with E-state index < -0.39 is 0 Å². The number of Topliss-reactive ketones (excluding diaryl/α,β-unsaturated/α-hetero) is 1. The molecule has 1 amide bonds. The Bertz CT molecular complexity index is 605. The zero-order valence-electron chi connectivity index (χ0n) is 13.0. The molecule has 4 heteroatoms. The van der Waals surface area contributed by atoms with E-state index in [1.165, 1.54) is 11.3 Å². The third kappa shape index (κ3) is 4.53. The quantitative estimate of drug-likeness (QED) is 0.731. The summed E-state index contributed by atoms with van der Waals surface area (Å²) in [6, 6.07) is 13.7. The Kier molecular flexibility index (Phi) is 5.90. The largest absolute Gasteiger partial charge is 0.349 e. The minimum Gasteiger partial charge on any atom is -0.349 e. The van der Waals surface area contributed by atoms with Gasteiger partial charge in [0.2, 0.25) is 5.91 Å². The van der Waals surface area contributed by atoms with Gasteiger partial charge < -0.3 is 4.90 Å². The molecule has 0 unspecified atom stereocenters. The number of benzene rings is 1. The summed E-state index contributed by atoms with van der Waals surface area (Å²) >= 11 is 1.47. The Morgan fingerprint density at radius 3 is 2.41 bits per heavy atom. The van der Waals surface area contributed by atoms with Crippen molar-refractivity contribution in [1.82, 2.24) is 4.90 Å². The van der Waals surface area contributed by atoms with Crippen LogP contribution in [0.4, 0.5) is 0 Å². The average molecular weight is 315 g/mol. The summed E-state index contributed by atoms with van der Waals surface area (Å²) in [5, 5.41) is 1.91. The average Bonchev–Trinajstić information content (AvgIpc) is 3.05. The summed E-state index contributed by atoms with van der Waals surface area (Å²) in [4.78, 5) is 26.9. The van der Waals surface area contributed by atoms with E-state index >= 15 is 0 Å². The molecular formula is C18H21NO2S. The second-order valence-electron chi connectivity index (χ2n) is 5.56. The van der Waals surface area contributed by atoms with Crippen LogP contribution < -0.4 is 0 Å². The zero-order valence-corrected chi connectivity index (χ0v) is 13.8. The smallest absolute Gasteiger partial charge is 0.222 e. The van der Waals surface area contributed by atoms with Gasteiger partial charge >= 0.3 is 0 Å². The molecule has 0 N–H and O–H groups in total. The minimum absolute atomic E-state index is 0.0667.